The second-order valence-electron chi connectivity index (χ2n) is 5.79. The maximum absolute atomic E-state index is 12.9. The second-order valence-corrected chi connectivity index (χ2v) is 6.71. The smallest absolute Gasteiger partial charge is 0.414 e. The van der Waals surface area contributed by atoms with Gasteiger partial charge in [-0.05, 0) is 36.8 Å². The van der Waals surface area contributed by atoms with E-state index in [2.05, 4.69) is 15.9 Å². The first-order valence-electron chi connectivity index (χ1n) is 7.59. The van der Waals surface area contributed by atoms with Crippen molar-refractivity contribution >= 4 is 33.0 Å². The van der Waals surface area contributed by atoms with Gasteiger partial charge in [-0.15, -0.1) is 0 Å². The molecule has 0 aliphatic rings. The number of benzene rings is 2. The number of aryl methyl sites for hydroxylation is 1. The van der Waals surface area contributed by atoms with Gasteiger partial charge in [-0.25, -0.2) is 4.79 Å². The van der Waals surface area contributed by atoms with Crippen molar-refractivity contribution in [3.63, 3.8) is 0 Å². The fourth-order valence-corrected chi connectivity index (χ4v) is 2.76. The van der Waals surface area contributed by atoms with E-state index in [1.54, 1.807) is 39.2 Å². The molecule has 25 heavy (non-hydrogen) atoms. The van der Waals surface area contributed by atoms with Crippen molar-refractivity contribution in [2.45, 2.75) is 6.92 Å². The zero-order chi connectivity index (χ0) is 18.1. The number of ether oxygens (including phenoxy) is 1. The lowest BCUT2D eigenvalue weighted by atomic mass is 10.0. The number of fused-ring (bicyclic) bond motifs is 1. The third-order valence-electron chi connectivity index (χ3n) is 3.74. The number of hydrogen-bond donors (Lipinski definition) is 0. The van der Waals surface area contributed by atoms with Gasteiger partial charge in [0.15, 0.2) is 0 Å². The average Bonchev–Trinajstić information content (AvgIpc) is 2.56. The Labute approximate surface area is 152 Å². The van der Waals surface area contributed by atoms with Crippen molar-refractivity contribution in [2.24, 2.45) is 0 Å². The van der Waals surface area contributed by atoms with E-state index >= 15 is 0 Å². The molecule has 0 saturated carbocycles. The van der Waals surface area contributed by atoms with Crippen LogP contribution in [0.1, 0.15) is 5.76 Å². The van der Waals surface area contributed by atoms with Crippen LogP contribution in [0, 0.1) is 6.92 Å². The number of amides is 1. The average molecular weight is 402 g/mol. The standard InChI is InChI=1S/C19H16BrNO4/c1-11-17(12-4-6-13(20)7-5-12)18(22)15-9-8-14(10-16(15)24-11)25-19(23)21(2)3/h4-10H,1-3H3. The molecule has 3 rings (SSSR count). The predicted octanol–water partition coefficient (Wildman–Crippen LogP) is 4.59. The Morgan fingerprint density at radius 2 is 1.80 bits per heavy atom. The van der Waals surface area contributed by atoms with Crippen molar-refractivity contribution in [3.8, 4) is 16.9 Å². The highest BCUT2D eigenvalue weighted by molar-refractivity contribution is 9.10. The molecular formula is C19H16BrNO4. The van der Waals surface area contributed by atoms with Crippen LogP contribution in [0.3, 0.4) is 0 Å². The minimum Gasteiger partial charge on any atom is -0.460 e. The van der Waals surface area contributed by atoms with E-state index < -0.39 is 6.09 Å². The summed E-state index contributed by atoms with van der Waals surface area (Å²) in [6, 6.07) is 12.2. The van der Waals surface area contributed by atoms with Crippen LogP contribution in [0.5, 0.6) is 5.75 Å². The predicted molar refractivity (Wildman–Crippen MR) is 100 cm³/mol. The Bertz CT molecular complexity index is 1010. The van der Waals surface area contributed by atoms with Gasteiger partial charge < -0.3 is 14.1 Å². The summed E-state index contributed by atoms with van der Waals surface area (Å²) in [5.41, 5.74) is 1.58. The summed E-state index contributed by atoms with van der Waals surface area (Å²) < 4.78 is 12.0. The molecule has 5 nitrogen and oxygen atoms in total. The van der Waals surface area contributed by atoms with Crippen LogP contribution in [0.4, 0.5) is 4.79 Å². The van der Waals surface area contributed by atoms with Crippen LogP contribution in [0.25, 0.3) is 22.1 Å². The van der Waals surface area contributed by atoms with Crippen molar-refractivity contribution < 1.29 is 13.9 Å². The van der Waals surface area contributed by atoms with Crippen LogP contribution in [0.2, 0.25) is 0 Å². The molecule has 1 amide bonds. The molecule has 6 heteroatoms. The largest absolute Gasteiger partial charge is 0.460 e. The van der Waals surface area contributed by atoms with Gasteiger partial charge in [0.1, 0.15) is 17.1 Å². The molecule has 0 unspecified atom stereocenters. The molecular weight excluding hydrogens is 386 g/mol. The number of carbonyl (C=O) groups excluding carboxylic acids is 1. The molecule has 3 aromatic rings. The number of carbonyl (C=O) groups is 1. The number of rotatable bonds is 2. The lowest BCUT2D eigenvalue weighted by Crippen LogP contribution is -2.25. The quantitative estimate of drug-likeness (QED) is 0.629. The van der Waals surface area contributed by atoms with E-state index in [1.807, 2.05) is 24.3 Å². The fourth-order valence-electron chi connectivity index (χ4n) is 2.49. The molecule has 0 radical (unpaired) electrons. The first-order chi connectivity index (χ1) is 11.9. The van der Waals surface area contributed by atoms with Gasteiger partial charge in [-0.3, -0.25) is 4.79 Å². The molecule has 0 bridgehead atoms. The monoisotopic (exact) mass is 401 g/mol. The van der Waals surface area contributed by atoms with Gasteiger partial charge >= 0.3 is 6.09 Å². The van der Waals surface area contributed by atoms with E-state index in [0.29, 0.717) is 28.0 Å². The minimum atomic E-state index is -0.495. The lowest BCUT2D eigenvalue weighted by Gasteiger charge is -2.11. The molecule has 0 aliphatic heterocycles. The van der Waals surface area contributed by atoms with E-state index in [0.717, 1.165) is 10.0 Å². The molecule has 0 spiro atoms. The normalized spacial score (nSPS) is 10.7. The van der Waals surface area contributed by atoms with E-state index in [4.69, 9.17) is 9.15 Å². The SMILES string of the molecule is Cc1oc2cc(OC(=O)N(C)C)ccc2c(=O)c1-c1ccc(Br)cc1. The van der Waals surface area contributed by atoms with Crippen molar-refractivity contribution in [3.05, 3.63) is 62.9 Å². The summed E-state index contributed by atoms with van der Waals surface area (Å²) in [6.45, 7) is 1.75. The maximum atomic E-state index is 12.9. The van der Waals surface area contributed by atoms with Gasteiger partial charge in [-0.2, -0.15) is 0 Å². The van der Waals surface area contributed by atoms with Gasteiger partial charge in [-0.1, -0.05) is 28.1 Å². The highest BCUT2D eigenvalue weighted by Crippen LogP contribution is 2.27. The molecule has 0 saturated heterocycles. The third-order valence-corrected chi connectivity index (χ3v) is 4.27. The Morgan fingerprint density at radius 1 is 1.12 bits per heavy atom. The van der Waals surface area contributed by atoms with E-state index in [9.17, 15) is 9.59 Å². The first kappa shape index (κ1) is 17.2. The summed E-state index contributed by atoms with van der Waals surface area (Å²) in [6.07, 6.45) is -0.495. The van der Waals surface area contributed by atoms with Gasteiger partial charge in [0, 0.05) is 24.6 Å². The highest BCUT2D eigenvalue weighted by Gasteiger charge is 2.15. The number of hydrogen-bond acceptors (Lipinski definition) is 4. The minimum absolute atomic E-state index is 0.119. The van der Waals surface area contributed by atoms with Crippen LogP contribution in [0.15, 0.2) is 56.1 Å². The van der Waals surface area contributed by atoms with E-state index in [1.165, 1.54) is 4.90 Å². The van der Waals surface area contributed by atoms with Crippen LogP contribution < -0.4 is 10.2 Å². The lowest BCUT2D eigenvalue weighted by molar-refractivity contribution is 0.172. The molecule has 0 aliphatic carbocycles. The Kier molecular flexibility index (Phi) is 4.63. The van der Waals surface area contributed by atoms with Gasteiger partial charge in [0.05, 0.1) is 10.9 Å². The number of nitrogens with zero attached hydrogens (tertiary/aromatic N) is 1. The molecule has 0 fully saturated rings. The fraction of sp³-hybridized carbons (Fsp3) is 0.158. The Balaban J connectivity index is 2.10. The summed E-state index contributed by atoms with van der Waals surface area (Å²) in [4.78, 5) is 25.9. The molecule has 1 heterocycles. The summed E-state index contributed by atoms with van der Waals surface area (Å²) in [7, 11) is 3.19. The first-order valence-corrected chi connectivity index (χ1v) is 8.38. The molecule has 1 aromatic heterocycles. The summed E-state index contributed by atoms with van der Waals surface area (Å²) >= 11 is 3.39. The van der Waals surface area contributed by atoms with Crippen LogP contribution >= 0.6 is 15.9 Å². The molecule has 0 atom stereocenters. The van der Waals surface area contributed by atoms with Gasteiger partial charge in [0.25, 0.3) is 0 Å². The molecule has 0 N–H and O–H groups in total. The second kappa shape index (κ2) is 6.72. The maximum Gasteiger partial charge on any atom is 0.414 e. The van der Waals surface area contributed by atoms with Crippen molar-refractivity contribution in [1.82, 2.24) is 4.90 Å². The number of halogens is 1. The van der Waals surface area contributed by atoms with Crippen LogP contribution in [-0.2, 0) is 0 Å². The molecule has 128 valence electrons. The summed E-state index contributed by atoms with van der Waals surface area (Å²) in [5, 5.41) is 0.438. The van der Waals surface area contributed by atoms with E-state index in [-0.39, 0.29) is 5.43 Å². The third kappa shape index (κ3) is 3.44. The van der Waals surface area contributed by atoms with Crippen molar-refractivity contribution in [1.29, 1.82) is 0 Å². The zero-order valence-corrected chi connectivity index (χ0v) is 15.6. The van der Waals surface area contributed by atoms with Crippen LogP contribution in [-0.4, -0.2) is 25.1 Å². The molecule has 2 aromatic carbocycles. The summed E-state index contributed by atoms with van der Waals surface area (Å²) in [5.74, 6) is 0.834. The highest BCUT2D eigenvalue weighted by atomic mass is 79.9. The van der Waals surface area contributed by atoms with Gasteiger partial charge in [0.2, 0.25) is 5.43 Å². The topological polar surface area (TPSA) is 59.8 Å². The Morgan fingerprint density at radius 3 is 2.44 bits per heavy atom. The van der Waals surface area contributed by atoms with Crippen molar-refractivity contribution in [2.75, 3.05) is 14.1 Å². The zero-order valence-electron chi connectivity index (χ0n) is 14.0. The Hall–Kier alpha value is -2.60.